The van der Waals surface area contributed by atoms with Gasteiger partial charge in [-0.3, -0.25) is 9.78 Å². The Labute approximate surface area is 206 Å². The molecular weight excluding hydrogens is 420 g/mol. The lowest BCUT2D eigenvalue weighted by atomic mass is 9.99. The highest BCUT2D eigenvalue weighted by atomic mass is 16.5. The van der Waals surface area contributed by atoms with E-state index < -0.39 is 0 Å². The second-order valence-corrected chi connectivity index (χ2v) is 8.96. The van der Waals surface area contributed by atoms with Gasteiger partial charge in [0.15, 0.2) is 0 Å². The van der Waals surface area contributed by atoms with Crippen molar-refractivity contribution >= 4 is 11.5 Å². The molecule has 0 bridgehead atoms. The molecule has 34 heavy (non-hydrogen) atoms. The molecule has 1 aromatic carbocycles. The van der Waals surface area contributed by atoms with Gasteiger partial charge in [0.2, 0.25) is 5.91 Å². The minimum Gasteiger partial charge on any atom is -0.497 e. The van der Waals surface area contributed by atoms with Crippen LogP contribution in [0.25, 0.3) is 5.57 Å². The monoisotopic (exact) mass is 462 g/mol. The topological polar surface area (TPSA) is 51.2 Å². The van der Waals surface area contributed by atoms with Gasteiger partial charge >= 0.3 is 0 Å². The minimum atomic E-state index is -0.0250. The summed E-state index contributed by atoms with van der Waals surface area (Å²) in [5.74, 6) is 0.831. The number of benzene rings is 1. The molecule has 4 nitrogen and oxygen atoms in total. The highest BCUT2D eigenvalue weighted by molar-refractivity contribution is 5.88. The molecule has 2 aromatic rings. The van der Waals surface area contributed by atoms with Gasteiger partial charge in [-0.15, -0.1) is 0 Å². The molecule has 184 valence electrons. The molecule has 0 spiro atoms. The molecule has 1 heterocycles. The molecule has 1 atom stereocenters. The number of hydrogen-bond donors (Lipinski definition) is 1. The molecule has 0 saturated heterocycles. The molecule has 2 rings (SSSR count). The number of aromatic nitrogens is 1. The van der Waals surface area contributed by atoms with Crippen LogP contribution in [0.2, 0.25) is 0 Å². The van der Waals surface area contributed by atoms with Gasteiger partial charge in [-0.2, -0.15) is 0 Å². The van der Waals surface area contributed by atoms with E-state index in [1.165, 1.54) is 48.8 Å². The number of unbranched alkanes of at least 4 members (excludes halogenated alkanes) is 5. The van der Waals surface area contributed by atoms with Crippen LogP contribution in [0.3, 0.4) is 0 Å². The van der Waals surface area contributed by atoms with Gasteiger partial charge in [0, 0.05) is 24.5 Å². The zero-order valence-electron chi connectivity index (χ0n) is 21.3. The number of allylic oxidation sites excluding steroid dienone is 3. The fraction of sp³-hybridized carbons (Fsp3) is 0.467. The van der Waals surface area contributed by atoms with Crippen molar-refractivity contribution in [2.75, 3.05) is 7.11 Å². The Morgan fingerprint density at radius 2 is 1.85 bits per heavy atom. The fourth-order valence-electron chi connectivity index (χ4n) is 3.99. The van der Waals surface area contributed by atoms with Crippen LogP contribution in [0.15, 0.2) is 67.0 Å². The molecule has 0 saturated carbocycles. The van der Waals surface area contributed by atoms with Crippen LogP contribution in [0.1, 0.15) is 82.8 Å². The van der Waals surface area contributed by atoms with Gasteiger partial charge in [-0.1, -0.05) is 69.4 Å². The van der Waals surface area contributed by atoms with Crippen molar-refractivity contribution in [3.8, 4) is 5.75 Å². The number of pyridine rings is 1. The molecule has 1 N–H and O–H groups in total. The predicted molar refractivity (Wildman–Crippen MR) is 143 cm³/mol. The zero-order valence-corrected chi connectivity index (χ0v) is 21.3. The Balaban J connectivity index is 1.73. The summed E-state index contributed by atoms with van der Waals surface area (Å²) in [6.07, 6.45) is 20.8. The van der Waals surface area contributed by atoms with Crippen molar-refractivity contribution in [2.24, 2.45) is 0 Å². The Kier molecular flexibility index (Phi) is 13.4. The third-order valence-corrected chi connectivity index (χ3v) is 6.02. The fourth-order valence-corrected chi connectivity index (χ4v) is 3.99. The first kappa shape index (κ1) is 27.4. The first-order chi connectivity index (χ1) is 16.6. The Hall–Kier alpha value is -2.88. The lowest BCUT2D eigenvalue weighted by molar-refractivity contribution is -0.117. The molecule has 0 aliphatic carbocycles. The summed E-state index contributed by atoms with van der Waals surface area (Å²) < 4.78 is 5.27. The van der Waals surface area contributed by atoms with Gasteiger partial charge in [0.1, 0.15) is 5.75 Å². The third kappa shape index (κ3) is 11.3. The number of carbonyl (C=O) groups excluding carboxylic acids is 1. The summed E-state index contributed by atoms with van der Waals surface area (Å²) in [4.78, 5) is 16.5. The third-order valence-electron chi connectivity index (χ3n) is 6.02. The van der Waals surface area contributed by atoms with E-state index in [-0.39, 0.29) is 11.9 Å². The SMILES string of the molecule is CCCCCC(=CC=CC(=O)N[C@H](C)CCCCCCc1cccnc1)c1ccc(OC)cc1. The molecule has 0 aliphatic heterocycles. The number of hydrogen-bond acceptors (Lipinski definition) is 3. The molecule has 0 radical (unpaired) electrons. The lowest BCUT2D eigenvalue weighted by Crippen LogP contribution is -2.30. The number of ether oxygens (including phenoxy) is 1. The summed E-state index contributed by atoms with van der Waals surface area (Å²) in [7, 11) is 1.68. The summed E-state index contributed by atoms with van der Waals surface area (Å²) in [6, 6.07) is 12.5. The van der Waals surface area contributed by atoms with Crippen molar-refractivity contribution in [3.05, 3.63) is 78.1 Å². The van der Waals surface area contributed by atoms with Crippen molar-refractivity contribution < 1.29 is 9.53 Å². The first-order valence-corrected chi connectivity index (χ1v) is 12.8. The average Bonchev–Trinajstić information content (AvgIpc) is 2.86. The maximum atomic E-state index is 12.4. The van der Waals surface area contributed by atoms with Crippen LogP contribution in [0, 0.1) is 0 Å². The van der Waals surface area contributed by atoms with Crippen LogP contribution in [-0.2, 0) is 11.2 Å². The number of amides is 1. The van der Waals surface area contributed by atoms with E-state index in [4.69, 9.17) is 4.74 Å². The zero-order chi connectivity index (χ0) is 24.4. The normalized spacial score (nSPS) is 12.6. The maximum Gasteiger partial charge on any atom is 0.244 e. The van der Waals surface area contributed by atoms with Crippen molar-refractivity contribution in [2.45, 2.75) is 84.1 Å². The predicted octanol–water partition coefficient (Wildman–Crippen LogP) is 7.31. The Bertz CT molecular complexity index is 872. The second kappa shape index (κ2) is 16.7. The van der Waals surface area contributed by atoms with E-state index in [9.17, 15) is 4.79 Å². The van der Waals surface area contributed by atoms with Crippen LogP contribution >= 0.6 is 0 Å². The summed E-state index contributed by atoms with van der Waals surface area (Å²) in [6.45, 7) is 4.30. The van der Waals surface area contributed by atoms with Gasteiger partial charge in [0.25, 0.3) is 0 Å². The van der Waals surface area contributed by atoms with Crippen LogP contribution in [-0.4, -0.2) is 24.0 Å². The molecule has 0 unspecified atom stereocenters. The van der Waals surface area contributed by atoms with Crippen LogP contribution in [0.5, 0.6) is 5.75 Å². The van der Waals surface area contributed by atoms with Crippen LogP contribution < -0.4 is 10.1 Å². The standard InChI is InChI=1S/C30H42N2O2/c1-4-5-8-16-27(28-19-21-29(34-3)22-20-28)17-11-18-30(33)32-25(2)13-9-6-7-10-14-26-15-12-23-31-24-26/h11-12,15,17-25H,4-10,13-14,16H2,1-3H3,(H,32,33)/t25-/m1/s1. The summed E-state index contributed by atoms with van der Waals surface area (Å²) in [5, 5.41) is 3.10. The molecule has 4 heteroatoms. The van der Waals surface area contributed by atoms with E-state index in [2.05, 4.69) is 48.4 Å². The molecule has 0 aliphatic rings. The molecule has 1 aromatic heterocycles. The lowest BCUT2D eigenvalue weighted by Gasteiger charge is -2.12. The summed E-state index contributed by atoms with van der Waals surface area (Å²) >= 11 is 0. The second-order valence-electron chi connectivity index (χ2n) is 8.96. The number of rotatable bonds is 16. The first-order valence-electron chi connectivity index (χ1n) is 12.8. The van der Waals surface area contributed by atoms with Crippen LogP contribution in [0.4, 0.5) is 0 Å². The Morgan fingerprint density at radius 1 is 1.06 bits per heavy atom. The van der Waals surface area contributed by atoms with Gasteiger partial charge < -0.3 is 10.1 Å². The van der Waals surface area contributed by atoms with Gasteiger partial charge in [-0.25, -0.2) is 0 Å². The molecule has 1 amide bonds. The largest absolute Gasteiger partial charge is 0.497 e. The number of nitrogens with zero attached hydrogens (tertiary/aromatic N) is 1. The number of nitrogens with one attached hydrogen (secondary N) is 1. The average molecular weight is 463 g/mol. The van der Waals surface area contributed by atoms with E-state index >= 15 is 0 Å². The van der Waals surface area contributed by atoms with E-state index in [1.54, 1.807) is 13.2 Å². The van der Waals surface area contributed by atoms with Crippen molar-refractivity contribution in [3.63, 3.8) is 0 Å². The summed E-state index contributed by atoms with van der Waals surface area (Å²) in [5.41, 5.74) is 3.74. The number of aryl methyl sites for hydroxylation is 1. The quantitative estimate of drug-likeness (QED) is 0.162. The maximum absolute atomic E-state index is 12.4. The van der Waals surface area contributed by atoms with Gasteiger partial charge in [-0.05, 0) is 73.9 Å². The van der Waals surface area contributed by atoms with Crippen molar-refractivity contribution in [1.82, 2.24) is 10.3 Å². The number of carbonyl (C=O) groups is 1. The van der Waals surface area contributed by atoms with E-state index in [0.29, 0.717) is 0 Å². The van der Waals surface area contributed by atoms with Crippen molar-refractivity contribution in [1.29, 1.82) is 0 Å². The van der Waals surface area contributed by atoms with Gasteiger partial charge in [0.05, 0.1) is 7.11 Å². The highest BCUT2D eigenvalue weighted by Crippen LogP contribution is 2.23. The van der Waals surface area contributed by atoms with E-state index in [1.807, 2.05) is 36.7 Å². The smallest absolute Gasteiger partial charge is 0.244 e. The highest BCUT2D eigenvalue weighted by Gasteiger charge is 2.05. The molecule has 0 fully saturated rings. The Morgan fingerprint density at radius 3 is 2.56 bits per heavy atom. The minimum absolute atomic E-state index is 0.0250. The molecular formula is C30H42N2O2. The van der Waals surface area contributed by atoms with E-state index in [0.717, 1.165) is 37.9 Å². The number of methoxy groups -OCH3 is 1.